The molecule has 108 valence electrons. The van der Waals surface area contributed by atoms with Crippen molar-refractivity contribution < 1.29 is 0 Å². The summed E-state index contributed by atoms with van der Waals surface area (Å²) in [5, 5.41) is 3.41. The molecule has 0 radical (unpaired) electrons. The molecule has 2 aromatic rings. The van der Waals surface area contributed by atoms with Gasteiger partial charge in [0.1, 0.15) is 5.82 Å². The maximum Gasteiger partial charge on any atom is 0.139 e. The van der Waals surface area contributed by atoms with E-state index in [1.165, 1.54) is 40.3 Å². The third kappa shape index (κ3) is 2.70. The van der Waals surface area contributed by atoms with Crippen LogP contribution in [0.5, 0.6) is 0 Å². The van der Waals surface area contributed by atoms with Gasteiger partial charge in [0, 0.05) is 29.5 Å². The van der Waals surface area contributed by atoms with Gasteiger partial charge in [-0.1, -0.05) is 18.2 Å². The summed E-state index contributed by atoms with van der Waals surface area (Å²) < 4.78 is 0. The van der Waals surface area contributed by atoms with Crippen LogP contribution in [0.25, 0.3) is 0 Å². The number of hydrogen-bond donors (Lipinski definition) is 1. The first-order chi connectivity index (χ1) is 10.3. The zero-order valence-electron chi connectivity index (χ0n) is 12.2. The number of rotatable bonds is 4. The second-order valence-electron chi connectivity index (χ2n) is 5.88. The third-order valence-electron chi connectivity index (χ3n) is 4.18. The van der Waals surface area contributed by atoms with Crippen molar-refractivity contribution in [3.63, 3.8) is 0 Å². The first kappa shape index (κ1) is 13.3. The highest BCUT2D eigenvalue weighted by Crippen LogP contribution is 2.42. The molecule has 21 heavy (non-hydrogen) atoms. The quantitative estimate of drug-likeness (QED) is 0.876. The summed E-state index contributed by atoms with van der Waals surface area (Å²) in [6, 6.07) is 8.52. The number of hydrogen-bond acceptors (Lipinski definition) is 4. The second kappa shape index (κ2) is 5.43. The number of thioether (sulfide) groups is 1. The molecule has 0 amide bonds. The monoisotopic (exact) mass is 297 g/mol. The van der Waals surface area contributed by atoms with Crippen LogP contribution < -0.4 is 5.32 Å². The van der Waals surface area contributed by atoms with Gasteiger partial charge in [0.2, 0.25) is 0 Å². The average molecular weight is 297 g/mol. The molecule has 0 bridgehead atoms. The van der Waals surface area contributed by atoms with E-state index in [0.717, 1.165) is 24.7 Å². The number of nitrogens with one attached hydrogen (secondary N) is 1. The first-order valence-electron chi connectivity index (χ1n) is 7.59. The van der Waals surface area contributed by atoms with Gasteiger partial charge in [-0.25, -0.2) is 9.97 Å². The highest BCUT2D eigenvalue weighted by molar-refractivity contribution is 7.98. The van der Waals surface area contributed by atoms with Crippen molar-refractivity contribution in [2.75, 3.05) is 0 Å². The van der Waals surface area contributed by atoms with Gasteiger partial charge in [-0.15, -0.1) is 11.8 Å². The van der Waals surface area contributed by atoms with E-state index >= 15 is 0 Å². The molecule has 0 unspecified atom stereocenters. The molecule has 3 nitrogen and oxygen atoms in total. The minimum absolute atomic E-state index is 0.698. The summed E-state index contributed by atoms with van der Waals surface area (Å²) >= 11 is 1.84. The summed E-state index contributed by atoms with van der Waals surface area (Å²) in [6.07, 6.45) is 2.60. The van der Waals surface area contributed by atoms with Crippen molar-refractivity contribution in [2.45, 2.75) is 49.4 Å². The van der Waals surface area contributed by atoms with Crippen LogP contribution in [0.3, 0.4) is 0 Å². The Bertz CT molecular complexity index is 680. The summed E-state index contributed by atoms with van der Waals surface area (Å²) in [7, 11) is 0. The molecule has 1 N–H and O–H groups in total. The van der Waals surface area contributed by atoms with E-state index in [-0.39, 0.29) is 0 Å². The van der Waals surface area contributed by atoms with E-state index < -0.39 is 0 Å². The smallest absolute Gasteiger partial charge is 0.139 e. The normalized spacial score (nSPS) is 17.0. The van der Waals surface area contributed by atoms with E-state index in [0.29, 0.717) is 5.92 Å². The maximum atomic E-state index is 4.88. The lowest BCUT2D eigenvalue weighted by Gasteiger charge is -2.09. The highest BCUT2D eigenvalue weighted by atomic mass is 32.2. The molecule has 1 saturated carbocycles. The summed E-state index contributed by atoms with van der Waals surface area (Å²) in [6.45, 7) is 4.01. The zero-order valence-corrected chi connectivity index (χ0v) is 13.0. The largest absolute Gasteiger partial charge is 0.307 e. The lowest BCUT2D eigenvalue weighted by Crippen LogP contribution is -2.04. The number of aromatic nitrogens is 2. The van der Waals surface area contributed by atoms with Crippen molar-refractivity contribution in [1.29, 1.82) is 0 Å². The van der Waals surface area contributed by atoms with Crippen LogP contribution in [0.1, 0.15) is 47.1 Å². The molecular formula is C17H19N3S. The van der Waals surface area contributed by atoms with Crippen molar-refractivity contribution >= 4 is 11.8 Å². The lowest BCUT2D eigenvalue weighted by atomic mass is 10.1. The minimum Gasteiger partial charge on any atom is -0.307 e. The molecule has 4 heteroatoms. The van der Waals surface area contributed by atoms with Gasteiger partial charge in [0.05, 0.1) is 17.1 Å². The van der Waals surface area contributed by atoms with Gasteiger partial charge in [-0.2, -0.15) is 0 Å². The molecule has 1 aromatic carbocycles. The highest BCUT2D eigenvalue weighted by Gasteiger charge is 2.31. The Labute approximate surface area is 129 Å². The molecule has 1 fully saturated rings. The van der Waals surface area contributed by atoms with E-state index in [1.807, 2.05) is 11.8 Å². The standard InChI is InChI=1S/C17H19N3S/c1-11-4-2-3-5-15(11)21-10-16-19-14-9-18-8-13(14)17(20-16)12-6-7-12/h2-5,12,18H,6-10H2,1H3. The van der Waals surface area contributed by atoms with E-state index in [2.05, 4.69) is 36.5 Å². The minimum atomic E-state index is 0.698. The molecule has 1 aliphatic carbocycles. The Kier molecular flexibility index (Phi) is 3.43. The Morgan fingerprint density at radius 3 is 2.86 bits per heavy atom. The van der Waals surface area contributed by atoms with Crippen molar-refractivity contribution in [1.82, 2.24) is 15.3 Å². The second-order valence-corrected chi connectivity index (χ2v) is 6.90. The SMILES string of the molecule is Cc1ccccc1SCc1nc2c(c(C3CC3)n1)CNC2. The molecule has 2 heterocycles. The van der Waals surface area contributed by atoms with Gasteiger partial charge >= 0.3 is 0 Å². The van der Waals surface area contributed by atoms with E-state index in [1.54, 1.807) is 0 Å². The Hall–Kier alpha value is -1.39. The van der Waals surface area contributed by atoms with Crippen LogP contribution in [0, 0.1) is 6.92 Å². The Balaban J connectivity index is 1.58. The van der Waals surface area contributed by atoms with Crippen molar-refractivity contribution in [2.24, 2.45) is 0 Å². The summed E-state index contributed by atoms with van der Waals surface area (Å²) in [5.74, 6) is 2.55. The summed E-state index contributed by atoms with van der Waals surface area (Å²) in [4.78, 5) is 11.0. The van der Waals surface area contributed by atoms with Crippen LogP contribution in [0.15, 0.2) is 29.2 Å². The van der Waals surface area contributed by atoms with E-state index in [4.69, 9.17) is 9.97 Å². The predicted octanol–water partition coefficient (Wildman–Crippen LogP) is 3.56. The third-order valence-corrected chi connectivity index (χ3v) is 5.35. The fraction of sp³-hybridized carbons (Fsp3) is 0.412. The van der Waals surface area contributed by atoms with Gasteiger partial charge < -0.3 is 5.32 Å². The van der Waals surface area contributed by atoms with Crippen molar-refractivity contribution in [3.8, 4) is 0 Å². The maximum absolute atomic E-state index is 4.88. The van der Waals surface area contributed by atoms with Crippen LogP contribution in [-0.4, -0.2) is 9.97 Å². The molecule has 1 aromatic heterocycles. The van der Waals surface area contributed by atoms with Crippen LogP contribution in [-0.2, 0) is 18.8 Å². The lowest BCUT2D eigenvalue weighted by molar-refractivity contribution is 0.755. The summed E-state index contributed by atoms with van der Waals surface area (Å²) in [5.41, 5.74) is 5.26. The zero-order chi connectivity index (χ0) is 14.2. The Morgan fingerprint density at radius 2 is 2.05 bits per heavy atom. The van der Waals surface area contributed by atoms with Crippen molar-refractivity contribution in [3.05, 3.63) is 52.6 Å². The molecule has 0 spiro atoms. The van der Waals surface area contributed by atoms with Crippen LogP contribution >= 0.6 is 11.8 Å². The molecule has 1 aliphatic heterocycles. The number of nitrogens with zero attached hydrogens (tertiary/aromatic N) is 2. The van der Waals surface area contributed by atoms with Crippen LogP contribution in [0.4, 0.5) is 0 Å². The molecule has 4 rings (SSSR count). The topological polar surface area (TPSA) is 37.8 Å². The first-order valence-corrected chi connectivity index (χ1v) is 8.57. The molecular weight excluding hydrogens is 278 g/mol. The fourth-order valence-electron chi connectivity index (χ4n) is 2.87. The molecule has 0 saturated heterocycles. The average Bonchev–Trinajstić information content (AvgIpc) is 3.23. The van der Waals surface area contributed by atoms with Gasteiger partial charge in [0.25, 0.3) is 0 Å². The number of benzene rings is 1. The van der Waals surface area contributed by atoms with Gasteiger partial charge in [0.15, 0.2) is 0 Å². The predicted molar refractivity (Wildman–Crippen MR) is 85.3 cm³/mol. The molecule has 0 atom stereocenters. The Morgan fingerprint density at radius 1 is 1.19 bits per heavy atom. The number of aryl methyl sites for hydroxylation is 1. The molecule has 2 aliphatic rings. The van der Waals surface area contributed by atoms with Gasteiger partial charge in [-0.3, -0.25) is 0 Å². The number of fused-ring (bicyclic) bond motifs is 1. The fourth-order valence-corrected chi connectivity index (χ4v) is 3.75. The van der Waals surface area contributed by atoms with Crippen LogP contribution in [0.2, 0.25) is 0 Å². The van der Waals surface area contributed by atoms with Gasteiger partial charge in [-0.05, 0) is 31.4 Å². The van der Waals surface area contributed by atoms with E-state index in [9.17, 15) is 0 Å².